The topological polar surface area (TPSA) is 38.8 Å². The maximum absolute atomic E-state index is 12.8. The van der Waals surface area contributed by atoms with E-state index in [0.717, 1.165) is 38.4 Å². The Morgan fingerprint density at radius 2 is 1.48 bits per heavy atom. The van der Waals surface area contributed by atoms with Crippen molar-refractivity contribution in [1.29, 1.82) is 0 Å². The van der Waals surface area contributed by atoms with Gasteiger partial charge in [0.05, 0.1) is 0 Å². The van der Waals surface area contributed by atoms with E-state index < -0.39 is 0 Å². The smallest absolute Gasteiger partial charge is 0.317 e. The third-order valence-electron chi connectivity index (χ3n) is 7.37. The van der Waals surface area contributed by atoms with Crippen LogP contribution in [0, 0.1) is 0 Å². The average Bonchev–Trinajstić information content (AvgIpc) is 2.88. The van der Waals surface area contributed by atoms with Gasteiger partial charge in [-0.2, -0.15) is 0 Å². The number of likely N-dealkylation sites (tertiary alicyclic amines) is 2. The number of hydrogen-bond donors (Lipinski definition) is 1. The summed E-state index contributed by atoms with van der Waals surface area (Å²) in [5.74, 6) is 0. The molecule has 5 nitrogen and oxygen atoms in total. The molecule has 0 aromatic heterocycles. The molecule has 4 fully saturated rings. The number of urea groups is 1. The van der Waals surface area contributed by atoms with Crippen molar-refractivity contribution in [2.75, 3.05) is 33.2 Å². The molecule has 142 valence electrons. The Kier molecular flexibility index (Phi) is 5.51. The lowest BCUT2D eigenvalue weighted by Crippen LogP contribution is -2.50. The van der Waals surface area contributed by atoms with E-state index in [1.165, 1.54) is 58.0 Å². The van der Waals surface area contributed by atoms with E-state index in [1.807, 2.05) is 0 Å². The molecule has 1 N–H and O–H groups in total. The molecule has 2 amide bonds. The highest BCUT2D eigenvalue weighted by Crippen LogP contribution is 2.29. The van der Waals surface area contributed by atoms with E-state index in [-0.39, 0.29) is 6.03 Å². The van der Waals surface area contributed by atoms with Crippen molar-refractivity contribution in [3.63, 3.8) is 0 Å². The molecule has 2 unspecified atom stereocenters. The van der Waals surface area contributed by atoms with Gasteiger partial charge in [-0.25, -0.2) is 4.79 Å². The van der Waals surface area contributed by atoms with Crippen molar-refractivity contribution in [2.45, 2.75) is 88.4 Å². The third-order valence-corrected chi connectivity index (χ3v) is 7.37. The van der Waals surface area contributed by atoms with Gasteiger partial charge in [0, 0.05) is 37.3 Å². The number of carbonyl (C=O) groups excluding carboxylic acids is 1. The molecule has 0 aromatic carbocycles. The fraction of sp³-hybridized carbons (Fsp3) is 0.950. The molecule has 5 heteroatoms. The second-order valence-electron chi connectivity index (χ2n) is 8.84. The van der Waals surface area contributed by atoms with Crippen LogP contribution in [0.5, 0.6) is 0 Å². The number of nitrogens with zero attached hydrogens (tertiary/aromatic N) is 3. The minimum absolute atomic E-state index is 0.197. The minimum atomic E-state index is 0.197. The first-order valence-electron chi connectivity index (χ1n) is 10.7. The van der Waals surface area contributed by atoms with Gasteiger partial charge in [0.2, 0.25) is 0 Å². The summed E-state index contributed by atoms with van der Waals surface area (Å²) in [6.07, 6.45) is 12.7. The Morgan fingerprint density at radius 3 is 2.24 bits per heavy atom. The highest BCUT2D eigenvalue weighted by Gasteiger charge is 2.36. The molecule has 0 radical (unpaired) electrons. The molecule has 1 aliphatic carbocycles. The molecule has 3 saturated heterocycles. The third kappa shape index (κ3) is 3.97. The number of piperidine rings is 1. The zero-order valence-electron chi connectivity index (χ0n) is 16.0. The van der Waals surface area contributed by atoms with Gasteiger partial charge in [-0.15, -0.1) is 0 Å². The molecule has 25 heavy (non-hydrogen) atoms. The second-order valence-corrected chi connectivity index (χ2v) is 8.84. The number of amides is 2. The van der Waals surface area contributed by atoms with Gasteiger partial charge in [0.15, 0.2) is 0 Å². The first kappa shape index (κ1) is 17.6. The van der Waals surface area contributed by atoms with Crippen LogP contribution in [0.4, 0.5) is 4.79 Å². The Labute approximate surface area is 153 Å². The van der Waals surface area contributed by atoms with E-state index in [1.54, 1.807) is 0 Å². The molecule has 0 aromatic rings. The van der Waals surface area contributed by atoms with Crippen LogP contribution in [0.2, 0.25) is 0 Å². The van der Waals surface area contributed by atoms with Gasteiger partial charge in [-0.3, -0.25) is 4.90 Å². The van der Waals surface area contributed by atoms with Gasteiger partial charge < -0.3 is 15.1 Å². The van der Waals surface area contributed by atoms with Gasteiger partial charge in [-0.1, -0.05) is 6.42 Å². The molecule has 4 aliphatic rings. The summed E-state index contributed by atoms with van der Waals surface area (Å²) in [6, 6.07) is 2.64. The Balaban J connectivity index is 1.23. The maximum Gasteiger partial charge on any atom is 0.317 e. The summed E-state index contributed by atoms with van der Waals surface area (Å²) in [5, 5.41) is 3.36. The van der Waals surface area contributed by atoms with Crippen molar-refractivity contribution in [2.24, 2.45) is 0 Å². The molecule has 0 spiro atoms. The summed E-state index contributed by atoms with van der Waals surface area (Å²) < 4.78 is 0. The van der Waals surface area contributed by atoms with Gasteiger partial charge >= 0.3 is 6.03 Å². The molecular formula is C20H36N4O. The normalized spacial score (nSPS) is 37.7. The van der Waals surface area contributed by atoms with Gasteiger partial charge in [-0.05, 0) is 77.9 Å². The summed E-state index contributed by atoms with van der Waals surface area (Å²) in [4.78, 5) is 20.1. The standard InChI is InChI=1S/C20H36N4O/c1-22-17-9-10-19(22)15-24(14-11-17)20(25)21-16-5-7-18(8-6-16)23-12-3-2-4-13-23/h16-19H,2-15H2,1H3,(H,21,25). The van der Waals surface area contributed by atoms with Gasteiger partial charge in [0.1, 0.15) is 0 Å². The fourth-order valence-corrected chi connectivity index (χ4v) is 5.63. The number of likely N-dealkylation sites (N-methyl/N-ethyl adjacent to an activating group) is 1. The van der Waals surface area contributed by atoms with Crippen LogP contribution in [0.1, 0.15) is 64.2 Å². The number of rotatable bonds is 2. The summed E-state index contributed by atoms with van der Waals surface area (Å²) in [6.45, 7) is 4.44. The lowest BCUT2D eigenvalue weighted by Gasteiger charge is -2.39. The number of fused-ring (bicyclic) bond motifs is 2. The van der Waals surface area contributed by atoms with Crippen LogP contribution in [0.25, 0.3) is 0 Å². The van der Waals surface area contributed by atoms with E-state index >= 15 is 0 Å². The Bertz CT molecular complexity index is 457. The molecule has 4 rings (SSSR count). The number of hydrogen-bond acceptors (Lipinski definition) is 3. The average molecular weight is 349 g/mol. The molecule has 2 atom stereocenters. The SMILES string of the molecule is CN1C2CCC1CN(C(=O)NC1CCC(N3CCCCC3)CC1)CC2. The van der Waals surface area contributed by atoms with E-state index in [2.05, 4.69) is 27.1 Å². The van der Waals surface area contributed by atoms with Crippen LogP contribution in [-0.2, 0) is 0 Å². The Morgan fingerprint density at radius 1 is 0.800 bits per heavy atom. The van der Waals surface area contributed by atoms with Crippen LogP contribution < -0.4 is 5.32 Å². The lowest BCUT2D eigenvalue weighted by molar-refractivity contribution is 0.119. The number of nitrogens with one attached hydrogen (secondary N) is 1. The van der Waals surface area contributed by atoms with Crippen LogP contribution in [-0.4, -0.2) is 78.1 Å². The van der Waals surface area contributed by atoms with E-state index in [9.17, 15) is 4.79 Å². The highest BCUT2D eigenvalue weighted by atomic mass is 16.2. The summed E-state index contributed by atoms with van der Waals surface area (Å²) in [5.41, 5.74) is 0. The summed E-state index contributed by atoms with van der Waals surface area (Å²) >= 11 is 0. The predicted molar refractivity (Wildman–Crippen MR) is 101 cm³/mol. The Hall–Kier alpha value is -0.810. The maximum atomic E-state index is 12.8. The zero-order chi connectivity index (χ0) is 17.2. The van der Waals surface area contributed by atoms with Gasteiger partial charge in [0.25, 0.3) is 0 Å². The lowest BCUT2D eigenvalue weighted by atomic mass is 9.89. The molecular weight excluding hydrogens is 312 g/mol. The summed E-state index contributed by atoms with van der Waals surface area (Å²) in [7, 11) is 2.24. The van der Waals surface area contributed by atoms with Crippen LogP contribution >= 0.6 is 0 Å². The van der Waals surface area contributed by atoms with Crippen molar-refractivity contribution in [3.8, 4) is 0 Å². The monoisotopic (exact) mass is 348 g/mol. The van der Waals surface area contributed by atoms with Crippen molar-refractivity contribution >= 4 is 6.03 Å². The van der Waals surface area contributed by atoms with Crippen molar-refractivity contribution in [3.05, 3.63) is 0 Å². The molecule has 3 heterocycles. The largest absolute Gasteiger partial charge is 0.335 e. The minimum Gasteiger partial charge on any atom is -0.335 e. The second kappa shape index (κ2) is 7.83. The predicted octanol–water partition coefficient (Wildman–Crippen LogP) is 2.66. The first-order chi connectivity index (χ1) is 12.2. The zero-order valence-corrected chi connectivity index (χ0v) is 16.0. The first-order valence-corrected chi connectivity index (χ1v) is 10.7. The quantitative estimate of drug-likeness (QED) is 0.834. The molecule has 2 bridgehead atoms. The van der Waals surface area contributed by atoms with E-state index in [4.69, 9.17) is 0 Å². The van der Waals surface area contributed by atoms with Crippen LogP contribution in [0.15, 0.2) is 0 Å². The van der Waals surface area contributed by atoms with Crippen molar-refractivity contribution < 1.29 is 4.79 Å². The van der Waals surface area contributed by atoms with E-state index in [0.29, 0.717) is 18.1 Å². The molecule has 1 saturated carbocycles. The molecule has 3 aliphatic heterocycles. The fourth-order valence-electron chi connectivity index (χ4n) is 5.63. The number of carbonyl (C=O) groups is 1. The van der Waals surface area contributed by atoms with Crippen molar-refractivity contribution in [1.82, 2.24) is 20.0 Å². The van der Waals surface area contributed by atoms with Crippen LogP contribution in [0.3, 0.4) is 0 Å². The highest BCUT2D eigenvalue weighted by molar-refractivity contribution is 5.74.